The molecule has 0 radical (unpaired) electrons. The predicted octanol–water partition coefficient (Wildman–Crippen LogP) is 2.00. The van der Waals surface area contributed by atoms with Crippen LogP contribution in [0.5, 0.6) is 0 Å². The fourth-order valence-corrected chi connectivity index (χ4v) is 2.82. The second kappa shape index (κ2) is 4.96. The van der Waals surface area contributed by atoms with Crippen molar-refractivity contribution in [3.05, 3.63) is 24.4 Å². The Kier molecular flexibility index (Phi) is 3.14. The number of anilines is 1. The summed E-state index contributed by atoms with van der Waals surface area (Å²) >= 11 is 0. The highest BCUT2D eigenvalue weighted by molar-refractivity contribution is 5.97. The number of amides is 1. The topological polar surface area (TPSA) is 95.1 Å². The van der Waals surface area contributed by atoms with Crippen LogP contribution < -0.4 is 5.32 Å². The van der Waals surface area contributed by atoms with Crippen molar-refractivity contribution in [3.8, 4) is 0 Å². The van der Waals surface area contributed by atoms with Crippen molar-refractivity contribution in [1.29, 1.82) is 0 Å². The molecule has 0 saturated heterocycles. The summed E-state index contributed by atoms with van der Waals surface area (Å²) < 4.78 is 0. The Hall–Kier alpha value is -2.37. The van der Waals surface area contributed by atoms with Crippen LogP contribution in [0.1, 0.15) is 19.3 Å². The van der Waals surface area contributed by atoms with Crippen LogP contribution in [-0.4, -0.2) is 27.2 Å². The molecule has 0 aliphatic heterocycles. The van der Waals surface area contributed by atoms with E-state index in [0.717, 1.165) is 17.3 Å². The first-order valence-electron chi connectivity index (χ1n) is 6.62. The molecule has 1 aromatic carbocycles. The Morgan fingerprint density at radius 2 is 2.10 bits per heavy atom. The van der Waals surface area contributed by atoms with Gasteiger partial charge in [-0.25, -0.2) is 0 Å². The van der Waals surface area contributed by atoms with E-state index in [9.17, 15) is 9.59 Å². The minimum atomic E-state index is -0.882. The van der Waals surface area contributed by atoms with Crippen LogP contribution in [0, 0.1) is 11.8 Å². The van der Waals surface area contributed by atoms with Gasteiger partial charge in [-0.15, -0.1) is 0 Å². The number of rotatable bonds is 3. The number of nitrogens with one attached hydrogen (secondary N) is 2. The first kappa shape index (κ1) is 12.7. The molecule has 2 aromatic rings. The summed E-state index contributed by atoms with van der Waals surface area (Å²) in [6, 6.07) is 5.44. The maximum absolute atomic E-state index is 12.2. The largest absolute Gasteiger partial charge is 0.481 e. The molecule has 1 aromatic heterocycles. The first-order chi connectivity index (χ1) is 9.65. The van der Waals surface area contributed by atoms with Gasteiger partial charge in [0.2, 0.25) is 5.91 Å². The van der Waals surface area contributed by atoms with Crippen molar-refractivity contribution in [1.82, 2.24) is 10.2 Å². The summed E-state index contributed by atoms with van der Waals surface area (Å²) in [4.78, 5) is 23.3. The number of hydrogen-bond acceptors (Lipinski definition) is 3. The summed E-state index contributed by atoms with van der Waals surface area (Å²) in [5.41, 5.74) is 1.56. The highest BCUT2D eigenvalue weighted by Crippen LogP contribution is 2.33. The van der Waals surface area contributed by atoms with E-state index >= 15 is 0 Å². The van der Waals surface area contributed by atoms with E-state index in [1.165, 1.54) is 0 Å². The fourth-order valence-electron chi connectivity index (χ4n) is 2.82. The van der Waals surface area contributed by atoms with Crippen LogP contribution in [0.3, 0.4) is 0 Å². The Bertz CT molecular complexity index is 664. The lowest BCUT2D eigenvalue weighted by Crippen LogP contribution is -2.29. The number of carbonyl (C=O) groups is 2. The van der Waals surface area contributed by atoms with E-state index in [4.69, 9.17) is 5.11 Å². The van der Waals surface area contributed by atoms with Crippen LogP contribution in [0.2, 0.25) is 0 Å². The van der Waals surface area contributed by atoms with Crippen LogP contribution in [0.25, 0.3) is 10.9 Å². The molecule has 6 heteroatoms. The highest BCUT2D eigenvalue weighted by Gasteiger charge is 2.37. The van der Waals surface area contributed by atoms with E-state index in [1.807, 2.05) is 12.1 Å². The van der Waals surface area contributed by atoms with Gasteiger partial charge in [-0.2, -0.15) is 5.10 Å². The van der Waals surface area contributed by atoms with Crippen molar-refractivity contribution in [2.75, 3.05) is 5.32 Å². The molecule has 1 aliphatic rings. The Morgan fingerprint density at radius 1 is 1.30 bits per heavy atom. The number of benzene rings is 1. The van der Waals surface area contributed by atoms with Gasteiger partial charge in [0.1, 0.15) is 0 Å². The van der Waals surface area contributed by atoms with Gasteiger partial charge < -0.3 is 10.4 Å². The van der Waals surface area contributed by atoms with Gasteiger partial charge in [0.05, 0.1) is 23.5 Å². The molecule has 0 unspecified atom stereocenters. The highest BCUT2D eigenvalue weighted by atomic mass is 16.4. The lowest BCUT2D eigenvalue weighted by atomic mass is 9.95. The first-order valence-corrected chi connectivity index (χ1v) is 6.62. The van der Waals surface area contributed by atoms with Crippen molar-refractivity contribution in [2.45, 2.75) is 19.3 Å². The van der Waals surface area contributed by atoms with E-state index < -0.39 is 17.8 Å². The third kappa shape index (κ3) is 2.24. The zero-order chi connectivity index (χ0) is 14.1. The minimum absolute atomic E-state index is 0.210. The number of aliphatic carboxylic acids is 1. The number of nitrogens with zero attached hydrogens (tertiary/aromatic N) is 1. The molecule has 1 aliphatic carbocycles. The number of aromatic amines is 1. The molecule has 2 atom stereocenters. The molecule has 1 heterocycles. The van der Waals surface area contributed by atoms with Gasteiger partial charge in [-0.3, -0.25) is 14.7 Å². The Balaban J connectivity index is 1.76. The monoisotopic (exact) mass is 273 g/mol. The zero-order valence-electron chi connectivity index (χ0n) is 10.8. The van der Waals surface area contributed by atoms with Crippen LogP contribution in [0.4, 0.5) is 5.69 Å². The minimum Gasteiger partial charge on any atom is -0.481 e. The van der Waals surface area contributed by atoms with Crippen molar-refractivity contribution in [3.63, 3.8) is 0 Å². The number of H-pyrrole nitrogens is 1. The maximum Gasteiger partial charge on any atom is 0.307 e. The van der Waals surface area contributed by atoms with Crippen molar-refractivity contribution in [2.24, 2.45) is 11.8 Å². The molecular formula is C14H15N3O3. The quantitative estimate of drug-likeness (QED) is 0.797. The van der Waals surface area contributed by atoms with Gasteiger partial charge in [0.25, 0.3) is 0 Å². The number of carbonyl (C=O) groups excluding carboxylic acids is 1. The van der Waals surface area contributed by atoms with Crippen LogP contribution in [0.15, 0.2) is 24.4 Å². The summed E-state index contributed by atoms with van der Waals surface area (Å²) in [5, 5.41) is 19.6. The summed E-state index contributed by atoms with van der Waals surface area (Å²) in [6.45, 7) is 0. The van der Waals surface area contributed by atoms with E-state index in [1.54, 1.807) is 12.3 Å². The molecule has 1 amide bonds. The standard InChI is InChI=1S/C14H15N3O3/c18-13(10-2-1-3-11(10)14(19)20)16-9-4-5-12-8(6-9)7-15-17-12/h4-7,10-11H,1-3H2,(H,15,17)(H,16,18)(H,19,20)/t10-,11+/m1/s1. The van der Waals surface area contributed by atoms with Crippen LogP contribution >= 0.6 is 0 Å². The third-order valence-corrected chi connectivity index (χ3v) is 3.88. The van der Waals surface area contributed by atoms with Gasteiger partial charge >= 0.3 is 5.97 Å². The molecule has 0 bridgehead atoms. The molecule has 0 spiro atoms. The number of carboxylic acids is 1. The average molecular weight is 273 g/mol. The molecule has 1 saturated carbocycles. The number of hydrogen-bond donors (Lipinski definition) is 3. The lowest BCUT2D eigenvalue weighted by molar-refractivity contribution is -0.145. The molecule has 3 N–H and O–H groups in total. The Labute approximate surface area is 115 Å². The average Bonchev–Trinajstić information content (AvgIpc) is 3.06. The summed E-state index contributed by atoms with van der Waals surface area (Å²) in [6.07, 6.45) is 3.68. The van der Waals surface area contributed by atoms with Gasteiger partial charge in [0, 0.05) is 11.1 Å². The number of fused-ring (bicyclic) bond motifs is 1. The Morgan fingerprint density at radius 3 is 2.90 bits per heavy atom. The molecular weight excluding hydrogens is 258 g/mol. The predicted molar refractivity (Wildman–Crippen MR) is 73.2 cm³/mol. The normalized spacial score (nSPS) is 22.0. The summed E-state index contributed by atoms with van der Waals surface area (Å²) in [7, 11) is 0. The van der Waals surface area contributed by atoms with Gasteiger partial charge in [-0.1, -0.05) is 6.42 Å². The zero-order valence-corrected chi connectivity index (χ0v) is 10.8. The second-order valence-corrected chi connectivity index (χ2v) is 5.14. The second-order valence-electron chi connectivity index (χ2n) is 5.14. The number of aromatic nitrogens is 2. The smallest absolute Gasteiger partial charge is 0.307 e. The van der Waals surface area contributed by atoms with E-state index in [-0.39, 0.29) is 5.91 Å². The van der Waals surface area contributed by atoms with Gasteiger partial charge in [-0.05, 0) is 31.0 Å². The SMILES string of the molecule is O=C(O)[C@H]1CCC[C@H]1C(=O)Nc1ccc2[nH]ncc2c1. The maximum atomic E-state index is 12.2. The summed E-state index contributed by atoms with van der Waals surface area (Å²) in [5.74, 6) is -2.09. The van der Waals surface area contributed by atoms with Crippen molar-refractivity contribution >= 4 is 28.5 Å². The molecule has 3 rings (SSSR count). The molecule has 6 nitrogen and oxygen atoms in total. The molecule has 104 valence electrons. The lowest BCUT2D eigenvalue weighted by Gasteiger charge is -2.15. The van der Waals surface area contributed by atoms with E-state index in [0.29, 0.717) is 18.5 Å². The van der Waals surface area contributed by atoms with Crippen LogP contribution in [-0.2, 0) is 9.59 Å². The third-order valence-electron chi connectivity index (χ3n) is 3.88. The fraction of sp³-hybridized carbons (Fsp3) is 0.357. The molecule has 1 fully saturated rings. The van der Waals surface area contributed by atoms with E-state index in [2.05, 4.69) is 15.5 Å². The van der Waals surface area contributed by atoms with Gasteiger partial charge in [0.15, 0.2) is 0 Å². The number of carboxylic acid groups (broad SMARTS) is 1. The molecule has 20 heavy (non-hydrogen) atoms. The van der Waals surface area contributed by atoms with Crippen molar-refractivity contribution < 1.29 is 14.7 Å².